The van der Waals surface area contributed by atoms with Crippen LogP contribution in [-0.4, -0.2) is 9.55 Å². The molecule has 0 saturated heterocycles. The standard InChI is InChI=1S/C32H34N3/c1-21(2)27-19-25(24-13-8-7-9-14-24)20-28(22(3)4)31(27)35-30-17-11-10-16-29(30)34(6)32(35)26-15-12-18-33-23(26)5/h7-22H,1-6H3/q+1. The molecule has 2 heterocycles. The number of nitrogens with zero attached hydrogens (tertiary/aromatic N) is 3. The van der Waals surface area contributed by atoms with E-state index in [2.05, 4.69) is 129 Å². The Kier molecular flexibility index (Phi) is 6.02. The van der Waals surface area contributed by atoms with Crippen LogP contribution in [0.4, 0.5) is 0 Å². The third kappa shape index (κ3) is 3.95. The van der Waals surface area contributed by atoms with Gasteiger partial charge in [-0.25, -0.2) is 4.57 Å². The number of hydrogen-bond donors (Lipinski definition) is 0. The van der Waals surface area contributed by atoms with Crippen LogP contribution in [0.25, 0.3) is 39.2 Å². The van der Waals surface area contributed by atoms with E-state index in [9.17, 15) is 0 Å². The van der Waals surface area contributed by atoms with Gasteiger partial charge in [-0.2, -0.15) is 4.57 Å². The summed E-state index contributed by atoms with van der Waals surface area (Å²) >= 11 is 0. The fourth-order valence-corrected chi connectivity index (χ4v) is 5.18. The summed E-state index contributed by atoms with van der Waals surface area (Å²) in [7, 11) is 2.17. The van der Waals surface area contributed by atoms with Crippen molar-refractivity contribution in [2.24, 2.45) is 7.05 Å². The van der Waals surface area contributed by atoms with Crippen molar-refractivity contribution in [3.63, 3.8) is 0 Å². The van der Waals surface area contributed by atoms with Crippen LogP contribution in [0.5, 0.6) is 0 Å². The second kappa shape index (κ2) is 9.14. The lowest BCUT2D eigenvalue weighted by Crippen LogP contribution is -2.30. The Labute approximate surface area is 208 Å². The van der Waals surface area contributed by atoms with Gasteiger partial charge < -0.3 is 0 Å². The molecule has 2 aromatic heterocycles. The van der Waals surface area contributed by atoms with Crippen LogP contribution in [0.3, 0.4) is 0 Å². The molecule has 0 amide bonds. The zero-order chi connectivity index (χ0) is 24.7. The van der Waals surface area contributed by atoms with Gasteiger partial charge in [0.2, 0.25) is 0 Å². The van der Waals surface area contributed by atoms with E-state index in [0.29, 0.717) is 11.8 Å². The van der Waals surface area contributed by atoms with Crippen molar-refractivity contribution in [2.75, 3.05) is 0 Å². The lowest BCUT2D eigenvalue weighted by atomic mass is 9.88. The number of fused-ring (bicyclic) bond motifs is 1. The molecule has 0 unspecified atom stereocenters. The van der Waals surface area contributed by atoms with E-state index in [1.807, 2.05) is 12.3 Å². The molecule has 5 aromatic rings. The molecule has 0 saturated carbocycles. The number of para-hydroxylation sites is 2. The van der Waals surface area contributed by atoms with Gasteiger partial charge in [0, 0.05) is 17.3 Å². The minimum atomic E-state index is 0.362. The average molecular weight is 461 g/mol. The summed E-state index contributed by atoms with van der Waals surface area (Å²) in [6, 6.07) is 28.5. The van der Waals surface area contributed by atoms with Gasteiger partial charge >= 0.3 is 0 Å². The van der Waals surface area contributed by atoms with Gasteiger partial charge in [-0.3, -0.25) is 4.98 Å². The minimum Gasteiger partial charge on any atom is -0.261 e. The summed E-state index contributed by atoms with van der Waals surface area (Å²) in [5, 5.41) is 0. The number of imidazole rings is 1. The third-order valence-electron chi connectivity index (χ3n) is 7.00. The molecule has 176 valence electrons. The van der Waals surface area contributed by atoms with Gasteiger partial charge in [0.1, 0.15) is 5.69 Å². The molecule has 0 aliphatic carbocycles. The van der Waals surface area contributed by atoms with Crippen molar-refractivity contribution in [2.45, 2.75) is 46.5 Å². The second-order valence-electron chi connectivity index (χ2n) is 10.0. The van der Waals surface area contributed by atoms with E-state index in [4.69, 9.17) is 0 Å². The zero-order valence-corrected chi connectivity index (χ0v) is 21.6. The van der Waals surface area contributed by atoms with Gasteiger partial charge in [-0.05, 0) is 66.3 Å². The Bertz CT molecular complexity index is 1480. The van der Waals surface area contributed by atoms with E-state index in [-0.39, 0.29) is 0 Å². The molecule has 0 fully saturated rings. The van der Waals surface area contributed by atoms with Crippen molar-refractivity contribution in [1.29, 1.82) is 0 Å². The number of aryl methyl sites for hydroxylation is 2. The van der Waals surface area contributed by atoms with Crippen LogP contribution >= 0.6 is 0 Å². The van der Waals surface area contributed by atoms with Crippen molar-refractivity contribution in [3.05, 3.63) is 102 Å². The first-order valence-corrected chi connectivity index (χ1v) is 12.5. The molecule has 3 aromatic carbocycles. The highest BCUT2D eigenvalue weighted by molar-refractivity contribution is 5.81. The lowest BCUT2D eigenvalue weighted by molar-refractivity contribution is -0.633. The molecule has 0 bridgehead atoms. The summed E-state index contributed by atoms with van der Waals surface area (Å²) in [6.07, 6.45) is 1.87. The molecule has 0 radical (unpaired) electrons. The highest BCUT2D eigenvalue weighted by atomic mass is 15.2. The van der Waals surface area contributed by atoms with E-state index in [1.54, 1.807) is 0 Å². The van der Waals surface area contributed by atoms with Gasteiger partial charge in [0.15, 0.2) is 11.0 Å². The van der Waals surface area contributed by atoms with Gasteiger partial charge in [0.25, 0.3) is 5.82 Å². The van der Waals surface area contributed by atoms with Crippen LogP contribution in [0.15, 0.2) is 85.1 Å². The summed E-state index contributed by atoms with van der Waals surface area (Å²) in [5.74, 6) is 1.88. The highest BCUT2D eigenvalue weighted by Gasteiger charge is 2.31. The Morgan fingerprint density at radius 1 is 0.743 bits per heavy atom. The Hall–Kier alpha value is -3.72. The lowest BCUT2D eigenvalue weighted by Gasteiger charge is -2.20. The number of hydrogen-bond acceptors (Lipinski definition) is 1. The predicted molar refractivity (Wildman–Crippen MR) is 146 cm³/mol. The maximum atomic E-state index is 4.64. The van der Waals surface area contributed by atoms with E-state index in [1.165, 1.54) is 39.0 Å². The molecular weight excluding hydrogens is 426 g/mol. The summed E-state index contributed by atoms with van der Waals surface area (Å²) < 4.78 is 4.80. The third-order valence-corrected chi connectivity index (χ3v) is 7.00. The maximum Gasteiger partial charge on any atom is 0.296 e. The van der Waals surface area contributed by atoms with Crippen LogP contribution < -0.4 is 4.57 Å². The van der Waals surface area contributed by atoms with Crippen molar-refractivity contribution in [1.82, 2.24) is 9.55 Å². The first-order chi connectivity index (χ1) is 16.9. The van der Waals surface area contributed by atoms with Crippen LogP contribution in [0.1, 0.15) is 56.4 Å². The largest absolute Gasteiger partial charge is 0.296 e. The van der Waals surface area contributed by atoms with Crippen molar-refractivity contribution >= 4 is 11.0 Å². The molecule has 3 heteroatoms. The van der Waals surface area contributed by atoms with Crippen LogP contribution in [-0.2, 0) is 7.05 Å². The van der Waals surface area contributed by atoms with Gasteiger partial charge in [0.05, 0.1) is 18.3 Å². The maximum absolute atomic E-state index is 4.64. The Morgan fingerprint density at radius 3 is 2.00 bits per heavy atom. The van der Waals surface area contributed by atoms with Crippen molar-refractivity contribution < 1.29 is 4.57 Å². The molecule has 0 aliphatic heterocycles. The number of rotatable bonds is 5. The SMILES string of the molecule is Cc1ncccc1-c1n(-c2c(C(C)C)cc(-c3ccccc3)cc2C(C)C)c2ccccc2[n+]1C. The fourth-order valence-electron chi connectivity index (χ4n) is 5.18. The minimum absolute atomic E-state index is 0.362. The Morgan fingerprint density at radius 2 is 1.37 bits per heavy atom. The topological polar surface area (TPSA) is 21.7 Å². The fraction of sp³-hybridized carbons (Fsp3) is 0.250. The number of benzene rings is 3. The molecule has 0 N–H and O–H groups in total. The molecule has 3 nitrogen and oxygen atoms in total. The van der Waals surface area contributed by atoms with Gasteiger partial charge in [-0.1, -0.05) is 70.2 Å². The molecule has 0 aliphatic rings. The van der Waals surface area contributed by atoms with E-state index in [0.717, 1.165) is 17.1 Å². The second-order valence-corrected chi connectivity index (χ2v) is 10.0. The molecular formula is C32H34N3+. The summed E-state index contributed by atoms with van der Waals surface area (Å²) in [4.78, 5) is 4.64. The first kappa shape index (κ1) is 23.0. The smallest absolute Gasteiger partial charge is 0.261 e. The van der Waals surface area contributed by atoms with Gasteiger partial charge in [-0.15, -0.1) is 0 Å². The Balaban J connectivity index is 1.94. The average Bonchev–Trinajstić information content (AvgIpc) is 3.16. The highest BCUT2D eigenvalue weighted by Crippen LogP contribution is 2.39. The first-order valence-electron chi connectivity index (χ1n) is 12.5. The van der Waals surface area contributed by atoms with Crippen LogP contribution in [0.2, 0.25) is 0 Å². The predicted octanol–water partition coefficient (Wildman–Crippen LogP) is 7.74. The zero-order valence-electron chi connectivity index (χ0n) is 21.6. The molecule has 0 atom stereocenters. The normalized spacial score (nSPS) is 11.7. The summed E-state index contributed by atoms with van der Waals surface area (Å²) in [5.41, 5.74) is 11.2. The monoisotopic (exact) mass is 460 g/mol. The number of pyridine rings is 1. The molecule has 0 spiro atoms. The quantitative estimate of drug-likeness (QED) is 0.246. The van der Waals surface area contributed by atoms with Crippen molar-refractivity contribution in [3.8, 4) is 28.2 Å². The van der Waals surface area contributed by atoms with E-state index < -0.39 is 0 Å². The summed E-state index contributed by atoms with van der Waals surface area (Å²) in [6.45, 7) is 11.3. The molecule has 35 heavy (non-hydrogen) atoms. The van der Waals surface area contributed by atoms with E-state index >= 15 is 0 Å². The number of aromatic nitrogens is 3. The van der Waals surface area contributed by atoms with Crippen LogP contribution in [0, 0.1) is 6.92 Å². The molecule has 5 rings (SSSR count).